The second kappa shape index (κ2) is 7.80. The molecule has 0 spiro atoms. The molecule has 14 heavy (non-hydrogen) atoms. The van der Waals surface area contributed by atoms with Gasteiger partial charge in [0.1, 0.15) is 0 Å². The molecular weight excluding hydrogens is 178 g/mol. The van der Waals surface area contributed by atoms with E-state index < -0.39 is 5.97 Å². The maximum atomic E-state index is 11.0. The van der Waals surface area contributed by atoms with Gasteiger partial charge in [0.05, 0.1) is 5.92 Å². The van der Waals surface area contributed by atoms with Gasteiger partial charge in [-0.05, 0) is 25.3 Å². The van der Waals surface area contributed by atoms with E-state index in [-0.39, 0.29) is 11.8 Å². The first-order chi connectivity index (χ1) is 6.63. The normalized spacial score (nSPS) is 15.1. The minimum absolute atomic E-state index is 0.179. The van der Waals surface area contributed by atoms with Crippen molar-refractivity contribution in [2.75, 3.05) is 6.54 Å². The SMILES string of the molecule is CCCC(C)C(CCCCN)C(=O)O. The van der Waals surface area contributed by atoms with Crippen LogP contribution in [0.4, 0.5) is 0 Å². The zero-order valence-corrected chi connectivity index (χ0v) is 9.33. The molecule has 0 heterocycles. The van der Waals surface area contributed by atoms with Gasteiger partial charge in [0.2, 0.25) is 0 Å². The van der Waals surface area contributed by atoms with Gasteiger partial charge in [-0.3, -0.25) is 4.79 Å². The van der Waals surface area contributed by atoms with Gasteiger partial charge in [-0.25, -0.2) is 0 Å². The van der Waals surface area contributed by atoms with E-state index in [2.05, 4.69) is 6.92 Å². The zero-order valence-electron chi connectivity index (χ0n) is 9.33. The van der Waals surface area contributed by atoms with Crippen LogP contribution in [-0.2, 0) is 4.79 Å². The molecule has 3 nitrogen and oxygen atoms in total. The summed E-state index contributed by atoms with van der Waals surface area (Å²) in [6.45, 7) is 4.79. The summed E-state index contributed by atoms with van der Waals surface area (Å²) in [4.78, 5) is 11.0. The third kappa shape index (κ3) is 5.22. The number of unbranched alkanes of at least 4 members (excludes halogenated alkanes) is 1. The number of carboxylic acid groups (broad SMARTS) is 1. The lowest BCUT2D eigenvalue weighted by Gasteiger charge is -2.19. The first-order valence-corrected chi connectivity index (χ1v) is 5.56. The highest BCUT2D eigenvalue weighted by atomic mass is 16.4. The first-order valence-electron chi connectivity index (χ1n) is 5.56. The molecule has 0 aliphatic heterocycles. The lowest BCUT2D eigenvalue weighted by atomic mass is 9.86. The third-order valence-corrected chi connectivity index (χ3v) is 2.72. The van der Waals surface area contributed by atoms with E-state index in [1.807, 2.05) is 6.92 Å². The maximum Gasteiger partial charge on any atom is 0.306 e. The van der Waals surface area contributed by atoms with Crippen molar-refractivity contribution in [1.29, 1.82) is 0 Å². The highest BCUT2D eigenvalue weighted by Crippen LogP contribution is 2.22. The molecule has 0 aliphatic rings. The van der Waals surface area contributed by atoms with E-state index in [1.54, 1.807) is 0 Å². The number of carbonyl (C=O) groups is 1. The molecule has 0 radical (unpaired) electrons. The van der Waals surface area contributed by atoms with Crippen LogP contribution in [0.25, 0.3) is 0 Å². The number of hydrogen-bond donors (Lipinski definition) is 2. The summed E-state index contributed by atoms with van der Waals surface area (Å²) in [6.07, 6.45) is 4.69. The molecule has 0 bridgehead atoms. The van der Waals surface area contributed by atoms with Gasteiger partial charge in [-0.1, -0.05) is 33.1 Å². The Morgan fingerprint density at radius 1 is 1.36 bits per heavy atom. The zero-order chi connectivity index (χ0) is 11.0. The largest absolute Gasteiger partial charge is 0.481 e. The smallest absolute Gasteiger partial charge is 0.306 e. The van der Waals surface area contributed by atoms with Crippen LogP contribution in [0.5, 0.6) is 0 Å². The Morgan fingerprint density at radius 3 is 2.43 bits per heavy atom. The van der Waals surface area contributed by atoms with E-state index in [4.69, 9.17) is 10.8 Å². The Balaban J connectivity index is 3.94. The van der Waals surface area contributed by atoms with E-state index >= 15 is 0 Å². The molecule has 0 saturated heterocycles. The number of nitrogens with two attached hydrogens (primary N) is 1. The summed E-state index contributed by atoms with van der Waals surface area (Å²) in [7, 11) is 0. The lowest BCUT2D eigenvalue weighted by molar-refractivity contribution is -0.143. The van der Waals surface area contributed by atoms with E-state index in [1.165, 1.54) is 0 Å². The van der Waals surface area contributed by atoms with Gasteiger partial charge in [-0.2, -0.15) is 0 Å². The van der Waals surface area contributed by atoms with Crippen molar-refractivity contribution in [1.82, 2.24) is 0 Å². The summed E-state index contributed by atoms with van der Waals surface area (Å²) < 4.78 is 0. The quantitative estimate of drug-likeness (QED) is 0.592. The fraction of sp³-hybridized carbons (Fsp3) is 0.909. The highest BCUT2D eigenvalue weighted by molar-refractivity contribution is 5.70. The molecule has 0 saturated carbocycles. The van der Waals surface area contributed by atoms with Crippen molar-refractivity contribution in [3.05, 3.63) is 0 Å². The molecule has 0 amide bonds. The Hall–Kier alpha value is -0.570. The van der Waals surface area contributed by atoms with E-state index in [0.29, 0.717) is 6.54 Å². The Morgan fingerprint density at radius 2 is 2.00 bits per heavy atom. The molecular formula is C11H23NO2. The molecule has 0 aromatic carbocycles. The van der Waals surface area contributed by atoms with Crippen LogP contribution < -0.4 is 5.73 Å². The van der Waals surface area contributed by atoms with Crippen LogP contribution in [0.1, 0.15) is 46.0 Å². The van der Waals surface area contributed by atoms with E-state index in [9.17, 15) is 4.79 Å². The Kier molecular flexibility index (Phi) is 7.48. The predicted octanol–water partition coefficient (Wildman–Crippen LogP) is 2.25. The highest BCUT2D eigenvalue weighted by Gasteiger charge is 2.22. The van der Waals surface area contributed by atoms with Crippen molar-refractivity contribution in [3.8, 4) is 0 Å². The van der Waals surface area contributed by atoms with Crippen molar-refractivity contribution in [2.24, 2.45) is 17.6 Å². The minimum Gasteiger partial charge on any atom is -0.481 e. The monoisotopic (exact) mass is 201 g/mol. The average Bonchev–Trinajstić information content (AvgIpc) is 2.12. The molecule has 3 heteroatoms. The predicted molar refractivity (Wildman–Crippen MR) is 58.1 cm³/mol. The first kappa shape index (κ1) is 13.4. The number of rotatable bonds is 8. The second-order valence-electron chi connectivity index (χ2n) is 4.00. The third-order valence-electron chi connectivity index (χ3n) is 2.72. The maximum absolute atomic E-state index is 11.0. The molecule has 84 valence electrons. The van der Waals surface area contributed by atoms with Crippen molar-refractivity contribution < 1.29 is 9.90 Å². The molecule has 0 aromatic rings. The topological polar surface area (TPSA) is 63.3 Å². The second-order valence-corrected chi connectivity index (χ2v) is 4.00. The molecule has 0 aliphatic carbocycles. The summed E-state index contributed by atoms with van der Waals surface area (Å²) >= 11 is 0. The Bertz CT molecular complexity index is 159. The number of hydrogen-bond acceptors (Lipinski definition) is 2. The molecule has 3 N–H and O–H groups in total. The molecule has 2 atom stereocenters. The lowest BCUT2D eigenvalue weighted by Crippen LogP contribution is -2.21. The van der Waals surface area contributed by atoms with Crippen LogP contribution in [0.3, 0.4) is 0 Å². The summed E-state index contributed by atoms with van der Waals surface area (Å²) in [5.74, 6) is -0.542. The Labute approximate surface area is 86.7 Å². The molecule has 0 rings (SSSR count). The van der Waals surface area contributed by atoms with Crippen LogP contribution in [-0.4, -0.2) is 17.6 Å². The fourth-order valence-electron chi connectivity index (χ4n) is 1.82. The molecule has 0 aromatic heterocycles. The standard InChI is InChI=1S/C11H23NO2/c1-3-6-9(2)10(11(13)14)7-4-5-8-12/h9-10H,3-8,12H2,1-2H3,(H,13,14). The van der Waals surface area contributed by atoms with Gasteiger partial charge in [0.25, 0.3) is 0 Å². The average molecular weight is 201 g/mol. The minimum atomic E-state index is -0.650. The van der Waals surface area contributed by atoms with Crippen molar-refractivity contribution >= 4 is 5.97 Å². The van der Waals surface area contributed by atoms with Crippen LogP contribution >= 0.6 is 0 Å². The summed E-state index contributed by atoms with van der Waals surface area (Å²) in [5.41, 5.74) is 5.38. The number of aliphatic carboxylic acids is 1. The summed E-state index contributed by atoms with van der Waals surface area (Å²) in [5, 5.41) is 9.04. The van der Waals surface area contributed by atoms with Gasteiger partial charge in [0, 0.05) is 0 Å². The van der Waals surface area contributed by atoms with Gasteiger partial charge < -0.3 is 10.8 Å². The van der Waals surface area contributed by atoms with Crippen molar-refractivity contribution in [2.45, 2.75) is 46.0 Å². The van der Waals surface area contributed by atoms with Crippen LogP contribution in [0.2, 0.25) is 0 Å². The van der Waals surface area contributed by atoms with Gasteiger partial charge >= 0.3 is 5.97 Å². The van der Waals surface area contributed by atoms with E-state index in [0.717, 1.165) is 32.1 Å². The molecule has 2 unspecified atom stereocenters. The van der Waals surface area contributed by atoms with Gasteiger partial charge in [0.15, 0.2) is 0 Å². The van der Waals surface area contributed by atoms with Crippen LogP contribution in [0.15, 0.2) is 0 Å². The van der Waals surface area contributed by atoms with Crippen LogP contribution in [0, 0.1) is 11.8 Å². The molecule has 0 fully saturated rings. The fourth-order valence-corrected chi connectivity index (χ4v) is 1.82. The number of carboxylic acids is 1. The summed E-state index contributed by atoms with van der Waals surface area (Å²) in [6, 6.07) is 0. The van der Waals surface area contributed by atoms with Crippen molar-refractivity contribution in [3.63, 3.8) is 0 Å². The van der Waals surface area contributed by atoms with Gasteiger partial charge in [-0.15, -0.1) is 0 Å².